The summed E-state index contributed by atoms with van der Waals surface area (Å²) in [5.41, 5.74) is 0. The Morgan fingerprint density at radius 2 is 0.982 bits per heavy atom. The van der Waals surface area contributed by atoms with Gasteiger partial charge in [-0.25, -0.2) is 4.57 Å². The number of phosphoric acid groups is 3. The van der Waals surface area contributed by atoms with E-state index in [0.717, 1.165) is 25.7 Å². The molecule has 1 aliphatic carbocycles. The summed E-state index contributed by atoms with van der Waals surface area (Å²) in [5, 5.41) is 31.2. The summed E-state index contributed by atoms with van der Waals surface area (Å²) in [7, 11) is -17.3. The quantitative estimate of drug-likeness (QED) is 0.0194. The minimum absolute atomic E-state index is 0. The first-order valence-corrected chi connectivity index (χ1v) is 22.7. The average Bonchev–Trinajstić information content (AvgIpc) is 3.06. The van der Waals surface area contributed by atoms with Crippen molar-refractivity contribution in [3.63, 3.8) is 0 Å². The van der Waals surface area contributed by atoms with Gasteiger partial charge >= 0.3 is 108 Å². The predicted molar refractivity (Wildman–Crippen MR) is 181 cm³/mol. The number of carbonyl (C=O) groups excluding carboxylic acids is 2. The Hall–Kier alpha value is 2.15. The molecule has 314 valence electrons. The molecule has 0 spiro atoms. The fourth-order valence-electron chi connectivity index (χ4n) is 5.67. The summed E-state index contributed by atoms with van der Waals surface area (Å²) in [5.74, 6) is -1.40. The van der Waals surface area contributed by atoms with E-state index in [1.54, 1.807) is 6.92 Å². The fraction of sp³-hybridized carbons (Fsp3) is 0.935. The van der Waals surface area contributed by atoms with Gasteiger partial charge in [0.05, 0.1) is 14.4 Å². The van der Waals surface area contributed by atoms with Crippen LogP contribution in [-0.2, 0) is 50.9 Å². The van der Waals surface area contributed by atoms with Crippen molar-refractivity contribution >= 4 is 35.4 Å². The Morgan fingerprint density at radius 3 is 1.39 bits per heavy atom. The molecule has 0 aromatic heterocycles. The van der Waals surface area contributed by atoms with Gasteiger partial charge in [-0.1, -0.05) is 104 Å². The second-order valence-corrected chi connectivity index (χ2v) is 16.8. The summed E-state index contributed by atoms with van der Waals surface area (Å²) >= 11 is 0. The zero-order chi connectivity index (χ0) is 40.1. The van der Waals surface area contributed by atoms with Crippen LogP contribution in [0.25, 0.3) is 0 Å². The summed E-state index contributed by atoms with van der Waals surface area (Å²) in [6.07, 6.45) is 0.612. The molecule has 1 fully saturated rings. The fourth-order valence-corrected chi connectivity index (χ4v) is 7.75. The number of aliphatic hydroxyl groups excluding tert-OH is 3. The summed E-state index contributed by atoms with van der Waals surface area (Å²) < 4.78 is 63.2. The molecule has 1 aliphatic rings. The van der Waals surface area contributed by atoms with Gasteiger partial charge in [-0.05, 0) is 12.8 Å². The number of phosphoric ester groups is 3. The van der Waals surface area contributed by atoms with E-state index < -0.39 is 91.3 Å². The van der Waals surface area contributed by atoms with Crippen LogP contribution in [0.2, 0.25) is 0 Å². The molecule has 5 N–H and O–H groups in total. The maximum Gasteiger partial charge on any atom is 1.00 e. The first-order chi connectivity index (χ1) is 24.8. The van der Waals surface area contributed by atoms with Crippen molar-refractivity contribution in [2.24, 2.45) is 0 Å². The first-order valence-electron chi connectivity index (χ1n) is 18.3. The van der Waals surface area contributed by atoms with Gasteiger partial charge in [-0.2, -0.15) is 0 Å². The van der Waals surface area contributed by atoms with E-state index in [1.807, 2.05) is 0 Å². The second-order valence-electron chi connectivity index (χ2n) is 13.1. The maximum atomic E-state index is 12.8. The van der Waals surface area contributed by atoms with E-state index in [4.69, 9.17) is 23.4 Å². The predicted octanol–water partition coefficient (Wildman–Crippen LogP) is -6.83. The van der Waals surface area contributed by atoms with Crippen LogP contribution in [0.4, 0.5) is 0 Å². The molecule has 0 saturated heterocycles. The largest absolute Gasteiger partial charge is 1.00 e. The third-order valence-corrected chi connectivity index (χ3v) is 10.4. The van der Waals surface area contributed by atoms with Crippen molar-refractivity contribution in [2.75, 3.05) is 13.2 Å². The van der Waals surface area contributed by atoms with Crippen molar-refractivity contribution in [1.29, 1.82) is 0 Å². The molecular weight excluding hydrogens is 838 g/mol. The Bertz CT molecular complexity index is 1160. The number of carbonyl (C=O) groups is 2. The summed E-state index contributed by atoms with van der Waals surface area (Å²) in [6, 6.07) is 0. The maximum absolute atomic E-state index is 12.8. The molecule has 19 nitrogen and oxygen atoms in total. The zero-order valence-electron chi connectivity index (χ0n) is 33.5. The molecule has 0 aliphatic heterocycles. The van der Waals surface area contributed by atoms with Crippen molar-refractivity contribution in [1.82, 2.24) is 0 Å². The summed E-state index contributed by atoms with van der Waals surface area (Å²) in [6.45, 7) is 2.33. The normalized spacial score (nSPS) is 23.6. The molecule has 25 heteroatoms. The van der Waals surface area contributed by atoms with Crippen molar-refractivity contribution in [3.05, 3.63) is 0 Å². The molecular formula is C31H58Na3O19P3. The number of esters is 2. The van der Waals surface area contributed by atoms with Gasteiger partial charge in [0.1, 0.15) is 43.2 Å². The molecule has 9 atom stereocenters. The summed E-state index contributed by atoms with van der Waals surface area (Å²) in [4.78, 5) is 77.5. The third kappa shape index (κ3) is 29.5. The Morgan fingerprint density at radius 1 is 0.571 bits per heavy atom. The molecule has 3 unspecified atom stereocenters. The Labute approximate surface area is 396 Å². The SMILES string of the molecule is CCCCCCCCCCCCCCCCCC(=O)OCC(COP(=O)(O)O[C@H]1[C@@H](O)[C@@H](OP(=O)([O-])[O-])[C@H](O)[C@@H](OP(=O)([O-])O)[C@@H]1O)OC(=O)CCC.[Na+].[Na+].[Na+]. The van der Waals surface area contributed by atoms with Gasteiger partial charge < -0.3 is 62.9 Å². The van der Waals surface area contributed by atoms with Gasteiger partial charge in [0.2, 0.25) is 0 Å². The van der Waals surface area contributed by atoms with Crippen molar-refractivity contribution in [2.45, 2.75) is 172 Å². The molecule has 1 saturated carbocycles. The number of hydrogen-bond acceptors (Lipinski definition) is 17. The molecule has 56 heavy (non-hydrogen) atoms. The van der Waals surface area contributed by atoms with Crippen LogP contribution in [0, 0.1) is 0 Å². The minimum Gasteiger partial charge on any atom is -0.790 e. The molecule has 0 aromatic carbocycles. The van der Waals surface area contributed by atoms with Crippen LogP contribution < -0.4 is 103 Å². The molecule has 0 heterocycles. The van der Waals surface area contributed by atoms with E-state index >= 15 is 0 Å². The molecule has 0 radical (unpaired) electrons. The first kappa shape index (κ1) is 62.4. The second kappa shape index (κ2) is 33.7. The molecule has 0 bridgehead atoms. The monoisotopic (exact) mass is 896 g/mol. The minimum atomic E-state index is -6.04. The van der Waals surface area contributed by atoms with E-state index in [1.165, 1.54) is 64.2 Å². The van der Waals surface area contributed by atoms with Crippen LogP contribution in [-0.4, -0.2) is 93.0 Å². The van der Waals surface area contributed by atoms with Crippen molar-refractivity contribution < 1.29 is 179 Å². The van der Waals surface area contributed by atoms with Crippen LogP contribution in [0.1, 0.15) is 129 Å². The van der Waals surface area contributed by atoms with Gasteiger partial charge in [-0.15, -0.1) is 0 Å². The molecule has 0 aromatic rings. The third-order valence-electron chi connectivity index (χ3n) is 8.37. The molecule has 0 amide bonds. The van der Waals surface area contributed by atoms with Crippen LogP contribution in [0.3, 0.4) is 0 Å². The number of ether oxygens (including phenoxy) is 2. The van der Waals surface area contributed by atoms with Crippen LogP contribution >= 0.6 is 23.5 Å². The van der Waals surface area contributed by atoms with Gasteiger partial charge in [-0.3, -0.25) is 23.2 Å². The number of rotatable bonds is 30. The number of aliphatic hydroxyl groups is 3. The Kier molecular flexibility index (Phi) is 37.5. The standard InChI is InChI=1S/C31H61O19P3.3Na/c1-3-5-6-7-8-9-10-11-12-13-14-15-16-17-18-20-24(32)45-21-23(47-25(33)19-4-2)22-46-53(43,44)50-31-27(35)29(48-51(37,38)39)26(34)30(28(31)36)49-52(40,41)42;;;/h23,26-31,34-36H,3-22H2,1-2H3,(H,43,44)(H2,37,38,39)(H2,40,41,42);;;/q;3*+1/p-3/t23?,26-,27-,28-,29-,30+,31-;;;/m0.../s1. The number of hydrogen-bond donors (Lipinski definition) is 5. The van der Waals surface area contributed by atoms with E-state index in [0.29, 0.717) is 12.8 Å². The van der Waals surface area contributed by atoms with Crippen molar-refractivity contribution in [3.8, 4) is 0 Å². The van der Waals surface area contributed by atoms with E-state index in [-0.39, 0.29) is 102 Å². The van der Waals surface area contributed by atoms with Gasteiger partial charge in [0, 0.05) is 12.8 Å². The Balaban J connectivity index is -0.00000936. The van der Waals surface area contributed by atoms with Gasteiger partial charge in [0.25, 0.3) is 7.82 Å². The zero-order valence-corrected chi connectivity index (χ0v) is 42.2. The average molecular weight is 897 g/mol. The molecule has 1 rings (SSSR count). The van der Waals surface area contributed by atoms with Gasteiger partial charge in [0.15, 0.2) is 6.10 Å². The van der Waals surface area contributed by atoms with Crippen LogP contribution in [0.5, 0.6) is 0 Å². The smallest absolute Gasteiger partial charge is 0.790 e. The van der Waals surface area contributed by atoms with E-state index in [2.05, 4.69) is 16.0 Å². The number of unbranched alkanes of at least 4 members (excludes halogenated alkanes) is 14. The van der Waals surface area contributed by atoms with Crippen LogP contribution in [0.15, 0.2) is 0 Å². The topological polar surface area (TPSA) is 311 Å². The van der Waals surface area contributed by atoms with E-state index in [9.17, 15) is 58.2 Å².